The Kier molecular flexibility index (Phi) is 6.65. The second kappa shape index (κ2) is 9.91. The highest BCUT2D eigenvalue weighted by Crippen LogP contribution is 2.31. The predicted molar refractivity (Wildman–Crippen MR) is 139 cm³/mol. The van der Waals surface area contributed by atoms with Crippen LogP contribution in [0.4, 0.5) is 10.1 Å². The third kappa shape index (κ3) is 4.79. The zero-order chi connectivity index (χ0) is 26.3. The summed E-state index contributed by atoms with van der Waals surface area (Å²) in [5, 5.41) is 11.1. The zero-order valence-corrected chi connectivity index (χ0v) is 21.5. The van der Waals surface area contributed by atoms with Crippen molar-refractivity contribution in [3.63, 3.8) is 0 Å². The van der Waals surface area contributed by atoms with Crippen LogP contribution in [-0.2, 0) is 11.2 Å². The van der Waals surface area contributed by atoms with E-state index in [0.29, 0.717) is 41.4 Å². The fourth-order valence-electron chi connectivity index (χ4n) is 4.29. The maximum atomic E-state index is 14.2. The monoisotopic (exact) mass is 523 g/mol. The molecule has 37 heavy (non-hydrogen) atoms. The quantitative estimate of drug-likeness (QED) is 0.429. The highest BCUT2D eigenvalue weighted by Gasteiger charge is 2.21. The minimum absolute atomic E-state index is 0.0975. The van der Waals surface area contributed by atoms with Crippen LogP contribution in [-0.4, -0.2) is 70.7 Å². The van der Waals surface area contributed by atoms with Gasteiger partial charge in [0.15, 0.2) is 0 Å². The molecule has 0 unspecified atom stereocenters. The highest BCUT2D eigenvalue weighted by atomic mass is 32.1. The second-order valence-electron chi connectivity index (χ2n) is 9.10. The van der Waals surface area contributed by atoms with Crippen molar-refractivity contribution in [3.05, 3.63) is 74.4 Å². The number of nitrogens with zero attached hydrogens (tertiary/aromatic N) is 5. The molecule has 0 bridgehead atoms. The molecule has 5 rings (SSSR count). The Morgan fingerprint density at radius 3 is 2.73 bits per heavy atom. The molecule has 1 aromatic carbocycles. The third-order valence-electron chi connectivity index (χ3n) is 6.30. The van der Waals surface area contributed by atoms with Crippen LogP contribution in [0.3, 0.4) is 0 Å². The van der Waals surface area contributed by atoms with Crippen LogP contribution in [0, 0.1) is 12.7 Å². The number of fused-ring (bicyclic) bond motifs is 1. The van der Waals surface area contributed by atoms with Gasteiger partial charge >= 0.3 is 5.56 Å². The Labute approximate surface area is 216 Å². The summed E-state index contributed by atoms with van der Waals surface area (Å²) in [5.74, 6) is -1.22. The van der Waals surface area contributed by atoms with Crippen LogP contribution in [0.25, 0.3) is 16.3 Å². The zero-order valence-electron chi connectivity index (χ0n) is 20.7. The van der Waals surface area contributed by atoms with Gasteiger partial charge in [-0.2, -0.15) is 0 Å². The van der Waals surface area contributed by atoms with Gasteiger partial charge in [0.2, 0.25) is 5.75 Å². The van der Waals surface area contributed by atoms with Gasteiger partial charge < -0.3 is 19.6 Å². The molecule has 1 amide bonds. The minimum atomic E-state index is -0.583. The van der Waals surface area contributed by atoms with Gasteiger partial charge in [-0.05, 0) is 36.2 Å². The molecule has 4 heterocycles. The second-order valence-corrected chi connectivity index (χ2v) is 10.2. The number of hydrogen-bond acceptors (Lipinski definition) is 8. The van der Waals surface area contributed by atoms with Gasteiger partial charge in [-0.1, -0.05) is 6.07 Å². The number of benzene rings is 1. The number of amides is 1. The molecule has 0 radical (unpaired) electrons. The summed E-state index contributed by atoms with van der Waals surface area (Å²) in [7, 11) is 3.23. The number of aromatic nitrogens is 3. The summed E-state index contributed by atoms with van der Waals surface area (Å²) in [6.45, 7) is 4.31. The topological polar surface area (TPSA) is 100 Å². The number of halogens is 1. The van der Waals surface area contributed by atoms with Gasteiger partial charge in [0, 0.05) is 56.4 Å². The smallest absolute Gasteiger partial charge is 0.300 e. The standard InChI is InChI=1S/C26H26FN5O4S/c1-15-10-16(19(12-20(15)27)25(34)30(2)3)11-18-13-28-24(37-18)22-23(33)26(35)32-14-17(4-5-21(32)29-22)31-6-8-36-9-7-31/h4-5,10,12-14,33H,6-9,11H2,1-3H3. The molecule has 0 atom stereocenters. The van der Waals surface area contributed by atoms with Crippen molar-refractivity contribution in [2.24, 2.45) is 0 Å². The Bertz CT molecular complexity index is 1560. The molecule has 0 spiro atoms. The summed E-state index contributed by atoms with van der Waals surface area (Å²) in [6.07, 6.45) is 3.63. The first-order valence-corrected chi connectivity index (χ1v) is 12.6. The van der Waals surface area contributed by atoms with Crippen molar-refractivity contribution in [2.75, 3.05) is 45.3 Å². The van der Waals surface area contributed by atoms with E-state index in [9.17, 15) is 19.1 Å². The molecule has 1 fully saturated rings. The summed E-state index contributed by atoms with van der Waals surface area (Å²) in [4.78, 5) is 38.9. The Morgan fingerprint density at radius 2 is 2.00 bits per heavy atom. The molecule has 1 aliphatic rings. The lowest BCUT2D eigenvalue weighted by molar-refractivity contribution is 0.0826. The summed E-state index contributed by atoms with van der Waals surface area (Å²) in [6, 6.07) is 6.55. The third-order valence-corrected chi connectivity index (χ3v) is 7.31. The summed E-state index contributed by atoms with van der Waals surface area (Å²) in [5.41, 5.74) is 2.14. The van der Waals surface area contributed by atoms with E-state index in [4.69, 9.17) is 4.74 Å². The van der Waals surface area contributed by atoms with Crippen molar-refractivity contribution < 1.29 is 19.0 Å². The van der Waals surface area contributed by atoms with Crippen LogP contribution in [0.15, 0.2) is 41.5 Å². The number of morpholine rings is 1. The fourth-order valence-corrected chi connectivity index (χ4v) is 5.22. The minimum Gasteiger partial charge on any atom is -0.501 e. The van der Waals surface area contributed by atoms with Crippen LogP contribution in [0.2, 0.25) is 0 Å². The number of aromatic hydroxyl groups is 1. The van der Waals surface area contributed by atoms with Gasteiger partial charge in [0.1, 0.15) is 22.2 Å². The highest BCUT2D eigenvalue weighted by molar-refractivity contribution is 7.15. The van der Waals surface area contributed by atoms with E-state index in [1.807, 2.05) is 6.07 Å². The predicted octanol–water partition coefficient (Wildman–Crippen LogP) is 3.10. The molecule has 0 aliphatic carbocycles. The van der Waals surface area contributed by atoms with Crippen molar-refractivity contribution in [1.29, 1.82) is 0 Å². The van der Waals surface area contributed by atoms with E-state index in [1.165, 1.54) is 26.7 Å². The molecule has 9 nitrogen and oxygen atoms in total. The molecule has 4 aromatic rings. The number of hydrogen-bond donors (Lipinski definition) is 1. The molecule has 192 valence electrons. The number of thiazole rings is 1. The molecule has 1 aliphatic heterocycles. The first kappa shape index (κ1) is 24.8. The van der Waals surface area contributed by atoms with E-state index in [1.54, 1.807) is 45.5 Å². The van der Waals surface area contributed by atoms with Crippen molar-refractivity contribution in [2.45, 2.75) is 13.3 Å². The number of carbonyl (C=O) groups excluding carboxylic acids is 1. The average Bonchev–Trinajstić information content (AvgIpc) is 3.36. The number of anilines is 1. The lowest BCUT2D eigenvalue weighted by Gasteiger charge is -2.28. The Balaban J connectivity index is 1.48. The van der Waals surface area contributed by atoms with E-state index < -0.39 is 17.1 Å². The summed E-state index contributed by atoms with van der Waals surface area (Å²) >= 11 is 1.25. The molecule has 1 saturated heterocycles. The van der Waals surface area contributed by atoms with Crippen molar-refractivity contribution >= 4 is 28.6 Å². The average molecular weight is 524 g/mol. The Hall–Kier alpha value is -3.83. The largest absolute Gasteiger partial charge is 0.501 e. The van der Waals surface area contributed by atoms with E-state index in [-0.39, 0.29) is 17.2 Å². The fraction of sp³-hybridized carbons (Fsp3) is 0.308. The number of pyridine rings is 1. The number of carbonyl (C=O) groups is 1. The van der Waals surface area contributed by atoms with E-state index >= 15 is 0 Å². The van der Waals surface area contributed by atoms with E-state index in [0.717, 1.165) is 23.7 Å². The molecule has 11 heteroatoms. The Morgan fingerprint density at radius 1 is 1.24 bits per heavy atom. The summed E-state index contributed by atoms with van der Waals surface area (Å²) < 4.78 is 21.0. The SMILES string of the molecule is Cc1cc(Cc2cnc(-c3nc4ccc(N5CCOCC5)cn4c(=O)c3O)s2)c(C(=O)N(C)C)cc1F. The van der Waals surface area contributed by atoms with Gasteiger partial charge in [-0.15, -0.1) is 11.3 Å². The first-order valence-electron chi connectivity index (χ1n) is 11.8. The van der Waals surface area contributed by atoms with Gasteiger partial charge in [-0.25, -0.2) is 14.4 Å². The van der Waals surface area contributed by atoms with Crippen molar-refractivity contribution in [3.8, 4) is 16.5 Å². The van der Waals surface area contributed by atoms with Crippen LogP contribution >= 0.6 is 11.3 Å². The number of aryl methyl sites for hydroxylation is 1. The number of rotatable bonds is 5. The van der Waals surface area contributed by atoms with Crippen LogP contribution in [0.5, 0.6) is 5.75 Å². The normalized spacial score (nSPS) is 13.8. The van der Waals surface area contributed by atoms with Crippen molar-refractivity contribution in [1.82, 2.24) is 19.3 Å². The van der Waals surface area contributed by atoms with Gasteiger partial charge in [-0.3, -0.25) is 14.0 Å². The maximum Gasteiger partial charge on any atom is 0.300 e. The molecular weight excluding hydrogens is 497 g/mol. The molecule has 0 saturated carbocycles. The molecule has 3 aromatic heterocycles. The lowest BCUT2D eigenvalue weighted by atomic mass is 10.00. The first-order chi connectivity index (χ1) is 17.7. The van der Waals surface area contributed by atoms with Crippen LogP contribution < -0.4 is 10.5 Å². The van der Waals surface area contributed by atoms with Gasteiger partial charge in [0.25, 0.3) is 5.91 Å². The molecule has 1 N–H and O–H groups in total. The maximum absolute atomic E-state index is 14.2. The molecular formula is C26H26FN5O4S. The van der Waals surface area contributed by atoms with Gasteiger partial charge in [0.05, 0.1) is 18.9 Å². The number of ether oxygens (including phenoxy) is 1. The van der Waals surface area contributed by atoms with Crippen LogP contribution in [0.1, 0.15) is 26.4 Å². The van der Waals surface area contributed by atoms with E-state index in [2.05, 4.69) is 14.9 Å². The lowest BCUT2D eigenvalue weighted by Crippen LogP contribution is -2.36.